The molecular weight excluding hydrogens is 358 g/mol. The van der Waals surface area contributed by atoms with Crippen molar-refractivity contribution >= 4 is 12.0 Å². The minimum atomic E-state index is -0.283. The molecule has 7 heteroatoms. The highest BCUT2D eigenvalue weighted by atomic mass is 16.6. The predicted octanol–water partition coefficient (Wildman–Crippen LogP) is 3.24. The highest BCUT2D eigenvalue weighted by molar-refractivity contribution is 5.79. The third-order valence-electron chi connectivity index (χ3n) is 4.87. The summed E-state index contributed by atoms with van der Waals surface area (Å²) in [7, 11) is 0. The van der Waals surface area contributed by atoms with Crippen LogP contribution in [0.2, 0.25) is 0 Å². The normalized spacial score (nSPS) is 14.8. The van der Waals surface area contributed by atoms with Crippen molar-refractivity contribution in [1.82, 2.24) is 15.2 Å². The molecule has 3 rings (SSSR count). The monoisotopic (exact) mass is 385 g/mol. The van der Waals surface area contributed by atoms with Gasteiger partial charge < -0.3 is 19.4 Å². The van der Waals surface area contributed by atoms with Gasteiger partial charge in [-0.1, -0.05) is 17.7 Å². The number of hydrogen-bond acceptors (Lipinski definition) is 5. The van der Waals surface area contributed by atoms with Gasteiger partial charge in [0.15, 0.2) is 0 Å². The first-order chi connectivity index (χ1) is 13.5. The fourth-order valence-corrected chi connectivity index (χ4v) is 3.35. The molecule has 2 heterocycles. The number of hydrogen-bond donors (Lipinski definition) is 1. The van der Waals surface area contributed by atoms with Gasteiger partial charge in [-0.05, 0) is 45.7 Å². The molecule has 0 atom stereocenters. The van der Waals surface area contributed by atoms with E-state index in [9.17, 15) is 9.59 Å². The summed E-state index contributed by atoms with van der Waals surface area (Å²) in [6.07, 6.45) is 1.33. The third kappa shape index (κ3) is 4.91. The SMILES string of the molecule is CCOC(=O)N1CCC(NC(=O)Cc2nc(-c3cccc(C)c3)oc2C)CC1. The molecule has 2 aromatic rings. The molecule has 1 N–H and O–H groups in total. The van der Waals surface area contributed by atoms with Crippen LogP contribution < -0.4 is 5.32 Å². The Kier molecular flexibility index (Phi) is 6.34. The van der Waals surface area contributed by atoms with Gasteiger partial charge in [0.2, 0.25) is 11.8 Å². The number of aryl methyl sites for hydroxylation is 2. The van der Waals surface area contributed by atoms with Crippen LogP contribution in [0.25, 0.3) is 11.5 Å². The number of amides is 2. The third-order valence-corrected chi connectivity index (χ3v) is 4.87. The molecule has 1 aliphatic heterocycles. The lowest BCUT2D eigenvalue weighted by molar-refractivity contribution is -0.121. The van der Waals surface area contributed by atoms with Crippen LogP contribution >= 0.6 is 0 Å². The Hall–Kier alpha value is -2.83. The summed E-state index contributed by atoms with van der Waals surface area (Å²) in [4.78, 5) is 30.4. The number of oxazole rings is 1. The highest BCUT2D eigenvalue weighted by Gasteiger charge is 2.25. The van der Waals surface area contributed by atoms with E-state index in [0.717, 1.165) is 24.0 Å². The number of piperidine rings is 1. The van der Waals surface area contributed by atoms with Crippen molar-refractivity contribution < 1.29 is 18.7 Å². The van der Waals surface area contributed by atoms with Gasteiger partial charge in [0, 0.05) is 24.7 Å². The van der Waals surface area contributed by atoms with Crippen LogP contribution in [0, 0.1) is 13.8 Å². The van der Waals surface area contributed by atoms with E-state index in [-0.39, 0.29) is 24.5 Å². The molecule has 0 unspecified atom stereocenters. The second-order valence-electron chi connectivity index (χ2n) is 7.10. The van der Waals surface area contributed by atoms with Gasteiger partial charge in [-0.3, -0.25) is 4.79 Å². The van der Waals surface area contributed by atoms with E-state index < -0.39 is 0 Å². The van der Waals surface area contributed by atoms with Crippen LogP contribution in [-0.4, -0.2) is 47.6 Å². The molecule has 0 saturated carbocycles. The van der Waals surface area contributed by atoms with Gasteiger partial charge in [-0.15, -0.1) is 0 Å². The van der Waals surface area contributed by atoms with Gasteiger partial charge in [0.25, 0.3) is 0 Å². The van der Waals surface area contributed by atoms with E-state index in [4.69, 9.17) is 9.15 Å². The topological polar surface area (TPSA) is 84.7 Å². The lowest BCUT2D eigenvalue weighted by Crippen LogP contribution is -2.47. The van der Waals surface area contributed by atoms with Crippen molar-refractivity contribution in [3.05, 3.63) is 41.3 Å². The van der Waals surface area contributed by atoms with Crippen LogP contribution in [0.5, 0.6) is 0 Å². The summed E-state index contributed by atoms with van der Waals surface area (Å²) in [5.41, 5.74) is 2.68. The Morgan fingerprint density at radius 3 is 2.71 bits per heavy atom. The fourth-order valence-electron chi connectivity index (χ4n) is 3.35. The summed E-state index contributed by atoms with van der Waals surface area (Å²) in [5, 5.41) is 3.04. The maximum Gasteiger partial charge on any atom is 0.409 e. The molecule has 1 aromatic heterocycles. The quantitative estimate of drug-likeness (QED) is 0.854. The molecule has 1 aromatic carbocycles. The zero-order chi connectivity index (χ0) is 20.1. The minimum absolute atomic E-state index is 0.0571. The van der Waals surface area contributed by atoms with Crippen molar-refractivity contribution in [2.24, 2.45) is 0 Å². The molecule has 1 saturated heterocycles. The second-order valence-corrected chi connectivity index (χ2v) is 7.10. The standard InChI is InChI=1S/C21H27N3O4/c1-4-27-21(26)24-10-8-17(9-11-24)22-19(25)13-18-15(3)28-20(23-18)16-7-5-6-14(2)12-16/h5-7,12,17H,4,8-11,13H2,1-3H3,(H,22,25). The number of nitrogens with zero attached hydrogens (tertiary/aromatic N) is 2. The van der Waals surface area contributed by atoms with Crippen molar-refractivity contribution in [2.75, 3.05) is 19.7 Å². The number of carbonyl (C=O) groups excluding carboxylic acids is 2. The van der Waals surface area contributed by atoms with Crippen molar-refractivity contribution in [2.45, 2.75) is 46.1 Å². The van der Waals surface area contributed by atoms with Crippen molar-refractivity contribution in [1.29, 1.82) is 0 Å². The molecular formula is C21H27N3O4. The van der Waals surface area contributed by atoms with Crippen molar-refractivity contribution in [3.8, 4) is 11.5 Å². The molecule has 0 bridgehead atoms. The average Bonchev–Trinajstić information content (AvgIpc) is 3.03. The predicted molar refractivity (Wildman–Crippen MR) is 105 cm³/mol. The molecule has 28 heavy (non-hydrogen) atoms. The van der Waals surface area contributed by atoms with Crippen LogP contribution in [0.3, 0.4) is 0 Å². The van der Waals surface area contributed by atoms with Gasteiger partial charge in [0.05, 0.1) is 18.7 Å². The summed E-state index contributed by atoms with van der Waals surface area (Å²) in [6.45, 7) is 7.18. The van der Waals surface area contributed by atoms with Crippen molar-refractivity contribution in [3.63, 3.8) is 0 Å². The van der Waals surface area contributed by atoms with Gasteiger partial charge >= 0.3 is 6.09 Å². The van der Waals surface area contributed by atoms with Gasteiger partial charge in [-0.2, -0.15) is 0 Å². The van der Waals surface area contributed by atoms with Crippen LogP contribution in [-0.2, 0) is 16.0 Å². The number of ether oxygens (including phenoxy) is 1. The summed E-state index contributed by atoms with van der Waals surface area (Å²) in [6, 6.07) is 7.98. The lowest BCUT2D eigenvalue weighted by Gasteiger charge is -2.31. The summed E-state index contributed by atoms with van der Waals surface area (Å²) in [5.74, 6) is 1.11. The fraction of sp³-hybridized carbons (Fsp3) is 0.476. The van der Waals surface area contributed by atoms with Crippen LogP contribution in [0.1, 0.15) is 36.8 Å². The molecule has 2 amide bonds. The van der Waals surface area contributed by atoms with E-state index >= 15 is 0 Å². The van der Waals surface area contributed by atoms with E-state index in [1.54, 1.807) is 11.8 Å². The Balaban J connectivity index is 1.54. The maximum absolute atomic E-state index is 12.5. The molecule has 0 radical (unpaired) electrons. The first-order valence-electron chi connectivity index (χ1n) is 9.70. The number of aromatic nitrogens is 1. The number of carbonyl (C=O) groups is 2. The average molecular weight is 385 g/mol. The largest absolute Gasteiger partial charge is 0.450 e. The first kappa shape index (κ1) is 19.9. The van der Waals surface area contributed by atoms with Crippen LogP contribution in [0.4, 0.5) is 4.79 Å². The Labute approximate surface area is 165 Å². The molecule has 1 fully saturated rings. The zero-order valence-corrected chi connectivity index (χ0v) is 16.7. The lowest BCUT2D eigenvalue weighted by atomic mass is 10.1. The molecule has 150 valence electrons. The summed E-state index contributed by atoms with van der Waals surface area (Å²) >= 11 is 0. The molecule has 0 spiro atoms. The second kappa shape index (κ2) is 8.91. The Bertz CT molecular complexity index is 838. The van der Waals surface area contributed by atoms with Crippen LogP contribution in [0.15, 0.2) is 28.7 Å². The minimum Gasteiger partial charge on any atom is -0.450 e. The zero-order valence-electron chi connectivity index (χ0n) is 16.7. The van der Waals surface area contributed by atoms with Gasteiger partial charge in [-0.25, -0.2) is 9.78 Å². The highest BCUT2D eigenvalue weighted by Crippen LogP contribution is 2.23. The molecule has 1 aliphatic rings. The Morgan fingerprint density at radius 1 is 1.29 bits per heavy atom. The van der Waals surface area contributed by atoms with E-state index in [2.05, 4.69) is 10.3 Å². The van der Waals surface area contributed by atoms with Gasteiger partial charge in [0.1, 0.15) is 5.76 Å². The number of nitrogens with one attached hydrogen (secondary N) is 1. The number of rotatable bonds is 5. The Morgan fingerprint density at radius 2 is 2.04 bits per heavy atom. The number of likely N-dealkylation sites (tertiary alicyclic amines) is 1. The smallest absolute Gasteiger partial charge is 0.409 e. The number of benzene rings is 1. The first-order valence-corrected chi connectivity index (χ1v) is 9.70. The maximum atomic E-state index is 12.5. The van der Waals surface area contributed by atoms with E-state index in [1.165, 1.54) is 0 Å². The molecule has 7 nitrogen and oxygen atoms in total. The summed E-state index contributed by atoms with van der Waals surface area (Å²) < 4.78 is 10.8. The molecule has 0 aliphatic carbocycles. The van der Waals surface area contributed by atoms with E-state index in [0.29, 0.717) is 37.0 Å². The van der Waals surface area contributed by atoms with E-state index in [1.807, 2.05) is 38.1 Å².